The van der Waals surface area contributed by atoms with Crippen molar-refractivity contribution in [3.8, 4) is 0 Å². The molecule has 0 saturated heterocycles. The van der Waals surface area contributed by atoms with Crippen LogP contribution in [0.5, 0.6) is 0 Å². The van der Waals surface area contributed by atoms with Crippen molar-refractivity contribution in [1.29, 1.82) is 0 Å². The smallest absolute Gasteiger partial charge is 0.257 e. The third-order valence-corrected chi connectivity index (χ3v) is 4.03. The molecule has 1 amide bonds. The van der Waals surface area contributed by atoms with Gasteiger partial charge in [0.05, 0.1) is 25.0 Å². The number of nitrogens with one attached hydrogen (secondary N) is 3. The molecule has 108 valence electrons. The lowest BCUT2D eigenvalue weighted by Crippen LogP contribution is -3.09. The van der Waals surface area contributed by atoms with E-state index < -0.39 is 0 Å². The summed E-state index contributed by atoms with van der Waals surface area (Å²) in [6, 6.07) is 0. The number of hydrogen-bond donors (Lipinski definition) is 3. The minimum absolute atomic E-state index is 0.0715. The Morgan fingerprint density at radius 3 is 2.74 bits per heavy atom. The van der Waals surface area contributed by atoms with Crippen molar-refractivity contribution >= 4 is 17.7 Å². The van der Waals surface area contributed by atoms with E-state index in [9.17, 15) is 4.79 Å². The van der Waals surface area contributed by atoms with E-state index in [0.29, 0.717) is 0 Å². The van der Waals surface area contributed by atoms with Crippen LogP contribution in [0.15, 0.2) is 23.1 Å². The number of carbonyl (C=O) groups excluding carboxylic acids is 1. The van der Waals surface area contributed by atoms with Gasteiger partial charge in [0.1, 0.15) is 0 Å². The van der Waals surface area contributed by atoms with Gasteiger partial charge in [-0.1, -0.05) is 12.2 Å². The Hall–Kier alpha value is -0.780. The predicted molar refractivity (Wildman–Crippen MR) is 82.5 cm³/mol. The van der Waals surface area contributed by atoms with Gasteiger partial charge in [-0.2, -0.15) is 0 Å². The summed E-state index contributed by atoms with van der Waals surface area (Å²) in [5.41, 5.74) is 0. The highest BCUT2D eigenvalue weighted by atomic mass is 32.2. The monoisotopic (exact) mass is 284 g/mol. The zero-order chi connectivity index (χ0) is 13.9. The fourth-order valence-corrected chi connectivity index (χ4v) is 2.67. The first-order chi connectivity index (χ1) is 9.24. The second-order valence-corrected chi connectivity index (χ2v) is 5.86. The van der Waals surface area contributed by atoms with E-state index in [4.69, 9.17) is 0 Å². The average molecular weight is 284 g/mol. The topological polar surface area (TPSA) is 45.6 Å². The summed E-state index contributed by atoms with van der Waals surface area (Å²) in [6.07, 6.45) is 8.13. The minimum Gasteiger partial charge on any atom is -0.351 e. The van der Waals surface area contributed by atoms with Gasteiger partial charge >= 0.3 is 0 Å². The molecule has 0 spiro atoms. The molecule has 0 radical (unpaired) electrons. The summed E-state index contributed by atoms with van der Waals surface area (Å²) in [6.45, 7) is 4.13. The first-order valence-corrected chi connectivity index (χ1v) is 7.96. The van der Waals surface area contributed by atoms with Crippen LogP contribution < -0.4 is 15.5 Å². The van der Waals surface area contributed by atoms with Gasteiger partial charge in [-0.05, 0) is 13.1 Å². The fourth-order valence-electron chi connectivity index (χ4n) is 1.91. The molecule has 0 aromatic carbocycles. The molecule has 1 heterocycles. The molecule has 1 unspecified atom stereocenters. The first kappa shape index (κ1) is 16.3. The van der Waals surface area contributed by atoms with Crippen LogP contribution in [0.3, 0.4) is 0 Å². The van der Waals surface area contributed by atoms with Gasteiger partial charge in [-0.25, -0.2) is 0 Å². The van der Waals surface area contributed by atoms with Crippen LogP contribution in [0.4, 0.5) is 0 Å². The van der Waals surface area contributed by atoms with Crippen molar-refractivity contribution in [3.63, 3.8) is 0 Å². The third-order valence-electron chi connectivity index (χ3n) is 3.04. The van der Waals surface area contributed by atoms with Gasteiger partial charge in [0.2, 0.25) is 0 Å². The van der Waals surface area contributed by atoms with E-state index in [1.807, 2.05) is 19.2 Å². The molecule has 0 aromatic heterocycles. The number of rotatable bonds is 9. The van der Waals surface area contributed by atoms with Crippen molar-refractivity contribution in [2.45, 2.75) is 12.8 Å². The Labute approximate surface area is 120 Å². The van der Waals surface area contributed by atoms with Crippen LogP contribution >= 0.6 is 11.8 Å². The summed E-state index contributed by atoms with van der Waals surface area (Å²) in [5, 5.41) is 6.14. The van der Waals surface area contributed by atoms with Gasteiger partial charge in [0, 0.05) is 31.7 Å². The molecule has 0 aromatic rings. The molecule has 3 N–H and O–H groups in total. The van der Waals surface area contributed by atoms with Crippen LogP contribution in [-0.4, -0.2) is 51.9 Å². The molecule has 1 rings (SSSR count). The van der Waals surface area contributed by atoms with Crippen LogP contribution in [0.1, 0.15) is 12.8 Å². The van der Waals surface area contributed by atoms with Gasteiger partial charge in [-0.3, -0.25) is 4.79 Å². The number of amides is 1. The summed E-state index contributed by atoms with van der Waals surface area (Å²) in [5.74, 6) is 0.972. The van der Waals surface area contributed by atoms with Crippen molar-refractivity contribution in [3.05, 3.63) is 23.1 Å². The maximum absolute atomic E-state index is 11.8. The highest BCUT2D eigenvalue weighted by Crippen LogP contribution is 2.19. The number of quaternary nitrogens is 1. The van der Waals surface area contributed by atoms with Gasteiger partial charge < -0.3 is 15.5 Å². The van der Waals surface area contributed by atoms with E-state index in [1.54, 1.807) is 11.8 Å². The summed E-state index contributed by atoms with van der Waals surface area (Å²) in [7, 11) is 4.19. The first-order valence-electron chi connectivity index (χ1n) is 6.97. The van der Waals surface area contributed by atoms with E-state index in [-0.39, 0.29) is 5.91 Å². The molecule has 1 aliphatic heterocycles. The highest BCUT2D eigenvalue weighted by Gasteiger charge is 2.10. The molecule has 4 nitrogen and oxygen atoms in total. The number of hydrogen-bond acceptors (Lipinski definition) is 3. The normalized spacial score (nSPS) is 16.0. The van der Waals surface area contributed by atoms with E-state index in [2.05, 4.69) is 23.8 Å². The fraction of sp³-hybridized carbons (Fsp3) is 0.643. The van der Waals surface area contributed by atoms with Crippen LogP contribution in [0.2, 0.25) is 0 Å². The van der Waals surface area contributed by atoms with E-state index in [1.165, 1.54) is 17.9 Å². The molecule has 1 atom stereocenters. The molecule has 0 fully saturated rings. The molecule has 0 aliphatic carbocycles. The van der Waals surface area contributed by atoms with Crippen molar-refractivity contribution in [2.24, 2.45) is 0 Å². The molecular formula is C14H26N3OS+. The Balaban J connectivity index is 2.05. The maximum Gasteiger partial charge on any atom is 0.257 e. The predicted octanol–water partition coefficient (Wildman–Crippen LogP) is -0.196. The van der Waals surface area contributed by atoms with Crippen molar-refractivity contribution in [1.82, 2.24) is 10.6 Å². The number of carbonyl (C=O) groups is 1. The lowest BCUT2D eigenvalue weighted by atomic mass is 10.3. The molecule has 0 bridgehead atoms. The summed E-state index contributed by atoms with van der Waals surface area (Å²) in [4.78, 5) is 14.2. The summed E-state index contributed by atoms with van der Waals surface area (Å²) >= 11 is 1.60. The zero-order valence-electron chi connectivity index (χ0n) is 12.0. The third kappa shape index (κ3) is 7.40. The lowest BCUT2D eigenvalue weighted by Gasteiger charge is -2.14. The second-order valence-electron chi connectivity index (χ2n) is 4.79. The van der Waals surface area contributed by atoms with E-state index in [0.717, 1.165) is 36.7 Å². The minimum atomic E-state index is 0.0715. The van der Waals surface area contributed by atoms with Gasteiger partial charge in [0.25, 0.3) is 5.91 Å². The largest absolute Gasteiger partial charge is 0.351 e. The SMILES string of the molecule is CNCCC[NH+](C)CCCNC(=O)C1=CC=CCS1. The highest BCUT2D eigenvalue weighted by molar-refractivity contribution is 8.04. The second kappa shape index (κ2) is 10.1. The van der Waals surface area contributed by atoms with Crippen molar-refractivity contribution < 1.29 is 9.69 Å². The van der Waals surface area contributed by atoms with E-state index >= 15 is 0 Å². The lowest BCUT2D eigenvalue weighted by molar-refractivity contribution is -0.879. The molecule has 1 aliphatic rings. The molecular weight excluding hydrogens is 258 g/mol. The standard InChI is InChI=1S/C14H25N3OS/c1-15-8-5-10-17(2)11-6-9-16-14(18)13-7-3-4-12-19-13/h3-4,7,15H,5-6,8-12H2,1-2H3,(H,16,18)/p+1. The van der Waals surface area contributed by atoms with Gasteiger partial charge in [-0.15, -0.1) is 11.8 Å². The quantitative estimate of drug-likeness (QED) is 0.514. The Bertz CT molecular complexity index is 329. The molecule has 5 heteroatoms. The Kier molecular flexibility index (Phi) is 8.62. The van der Waals surface area contributed by atoms with Crippen molar-refractivity contribution in [2.75, 3.05) is 46.0 Å². The zero-order valence-corrected chi connectivity index (χ0v) is 12.8. The van der Waals surface area contributed by atoms with Crippen LogP contribution in [-0.2, 0) is 4.79 Å². The average Bonchev–Trinajstić information content (AvgIpc) is 2.44. The van der Waals surface area contributed by atoms with Crippen LogP contribution in [0.25, 0.3) is 0 Å². The Morgan fingerprint density at radius 1 is 1.37 bits per heavy atom. The van der Waals surface area contributed by atoms with Crippen LogP contribution in [0, 0.1) is 0 Å². The summed E-state index contributed by atoms with van der Waals surface area (Å²) < 4.78 is 0. The Morgan fingerprint density at radius 2 is 2.11 bits per heavy atom. The maximum atomic E-state index is 11.8. The number of thioether (sulfide) groups is 1. The molecule has 0 saturated carbocycles. The molecule has 19 heavy (non-hydrogen) atoms. The van der Waals surface area contributed by atoms with Gasteiger partial charge in [0.15, 0.2) is 0 Å². The number of allylic oxidation sites excluding steroid dienone is 2.